The van der Waals surface area contributed by atoms with Crippen LogP contribution in [0.15, 0.2) is 24.3 Å². The van der Waals surface area contributed by atoms with E-state index in [-0.39, 0.29) is 11.5 Å². The van der Waals surface area contributed by atoms with Gasteiger partial charge in [-0.1, -0.05) is 39.0 Å². The lowest BCUT2D eigenvalue weighted by Gasteiger charge is -2.28. The monoisotopic (exact) mass is 498 g/mol. The SMILES string of the molecule is CCCCCN(C)CCCCCCCOC1CCC(CNC(=O)c2ccc(C(F)(F)F)cc2)CC1. The molecule has 0 heterocycles. The summed E-state index contributed by atoms with van der Waals surface area (Å²) in [5.41, 5.74) is -0.484. The van der Waals surface area contributed by atoms with Gasteiger partial charge < -0.3 is 15.0 Å². The molecular weight excluding hydrogens is 453 g/mol. The van der Waals surface area contributed by atoms with Crippen molar-refractivity contribution in [2.45, 2.75) is 96.3 Å². The Morgan fingerprint density at radius 2 is 1.54 bits per heavy atom. The van der Waals surface area contributed by atoms with Crippen LogP contribution in [-0.4, -0.2) is 50.2 Å². The summed E-state index contributed by atoms with van der Waals surface area (Å²) < 4.78 is 44.0. The molecule has 0 atom stereocenters. The van der Waals surface area contributed by atoms with Gasteiger partial charge >= 0.3 is 6.18 Å². The summed E-state index contributed by atoms with van der Waals surface area (Å²) in [5, 5.41) is 2.87. The van der Waals surface area contributed by atoms with Crippen molar-refractivity contribution >= 4 is 5.91 Å². The van der Waals surface area contributed by atoms with Crippen LogP contribution >= 0.6 is 0 Å². The van der Waals surface area contributed by atoms with E-state index in [9.17, 15) is 18.0 Å². The van der Waals surface area contributed by atoms with Crippen LogP contribution < -0.4 is 5.32 Å². The Kier molecular flexibility index (Phi) is 13.7. The second-order valence-electron chi connectivity index (χ2n) is 10.1. The molecule has 1 fully saturated rings. The first kappa shape index (κ1) is 29.6. The van der Waals surface area contributed by atoms with Crippen LogP contribution in [0, 0.1) is 5.92 Å². The molecule has 1 N–H and O–H groups in total. The van der Waals surface area contributed by atoms with E-state index < -0.39 is 11.7 Å². The van der Waals surface area contributed by atoms with Crippen molar-refractivity contribution in [2.75, 3.05) is 33.3 Å². The average Bonchev–Trinajstić information content (AvgIpc) is 2.84. The fourth-order valence-corrected chi connectivity index (χ4v) is 4.66. The summed E-state index contributed by atoms with van der Waals surface area (Å²) in [5.74, 6) is 0.0774. The minimum atomic E-state index is -4.39. The topological polar surface area (TPSA) is 41.6 Å². The number of amides is 1. The summed E-state index contributed by atoms with van der Waals surface area (Å²) in [6.07, 6.45) is 10.1. The molecule has 1 aromatic carbocycles. The van der Waals surface area contributed by atoms with E-state index in [4.69, 9.17) is 4.74 Å². The number of hydrogen-bond acceptors (Lipinski definition) is 3. The molecule has 4 nitrogen and oxygen atoms in total. The molecule has 1 amide bonds. The maximum atomic E-state index is 12.7. The van der Waals surface area contributed by atoms with Gasteiger partial charge in [-0.15, -0.1) is 0 Å². The standard InChI is InChI=1S/C28H45F3N2O2/c1-3-4-8-19-33(2)20-9-6-5-7-10-21-35-26-17-11-23(12-18-26)22-32-27(34)24-13-15-25(16-14-24)28(29,30)31/h13-16,23,26H,3-12,17-22H2,1-2H3,(H,32,34). The number of nitrogens with zero attached hydrogens (tertiary/aromatic N) is 1. The first-order valence-corrected chi connectivity index (χ1v) is 13.5. The number of rotatable bonds is 16. The third kappa shape index (κ3) is 12.3. The number of hydrogen-bond donors (Lipinski definition) is 1. The molecule has 0 spiro atoms. The second kappa shape index (κ2) is 16.2. The summed E-state index contributed by atoms with van der Waals surface area (Å²) in [4.78, 5) is 14.7. The fourth-order valence-electron chi connectivity index (χ4n) is 4.66. The normalized spacial score (nSPS) is 18.7. The molecule has 0 bridgehead atoms. The molecule has 0 aliphatic heterocycles. The van der Waals surface area contributed by atoms with E-state index in [1.807, 2.05) is 0 Å². The first-order chi connectivity index (χ1) is 16.8. The van der Waals surface area contributed by atoms with Gasteiger partial charge in [0.2, 0.25) is 0 Å². The van der Waals surface area contributed by atoms with Crippen LogP contribution in [0.25, 0.3) is 0 Å². The zero-order valence-electron chi connectivity index (χ0n) is 21.7. The van der Waals surface area contributed by atoms with E-state index >= 15 is 0 Å². The van der Waals surface area contributed by atoms with Gasteiger partial charge in [0.1, 0.15) is 0 Å². The van der Waals surface area contributed by atoms with E-state index in [0.717, 1.165) is 50.8 Å². The number of ether oxygens (including phenoxy) is 1. The van der Waals surface area contributed by atoms with Crippen LogP contribution in [0.2, 0.25) is 0 Å². The molecule has 0 radical (unpaired) electrons. The smallest absolute Gasteiger partial charge is 0.378 e. The predicted octanol–water partition coefficient (Wildman–Crippen LogP) is 7.08. The largest absolute Gasteiger partial charge is 0.416 e. The Morgan fingerprint density at radius 1 is 0.943 bits per heavy atom. The first-order valence-electron chi connectivity index (χ1n) is 13.5. The van der Waals surface area contributed by atoms with E-state index in [1.54, 1.807) is 0 Å². The molecule has 1 saturated carbocycles. The third-order valence-corrected chi connectivity index (χ3v) is 7.00. The molecule has 200 valence electrons. The number of carbonyl (C=O) groups is 1. The zero-order valence-corrected chi connectivity index (χ0v) is 21.7. The van der Waals surface area contributed by atoms with Crippen molar-refractivity contribution in [2.24, 2.45) is 5.92 Å². The minimum absolute atomic E-state index is 0.258. The maximum absolute atomic E-state index is 12.7. The molecule has 1 aliphatic carbocycles. The van der Waals surface area contributed by atoms with Gasteiger partial charge in [0.25, 0.3) is 5.91 Å². The number of unbranched alkanes of at least 4 members (excludes halogenated alkanes) is 6. The van der Waals surface area contributed by atoms with Crippen molar-refractivity contribution in [3.63, 3.8) is 0 Å². The number of halogens is 3. The van der Waals surface area contributed by atoms with E-state index in [0.29, 0.717) is 18.6 Å². The van der Waals surface area contributed by atoms with Crippen molar-refractivity contribution in [1.82, 2.24) is 10.2 Å². The summed E-state index contributed by atoms with van der Waals surface area (Å²) in [6.45, 7) is 6.05. The van der Waals surface area contributed by atoms with Gasteiger partial charge in [0.05, 0.1) is 11.7 Å². The van der Waals surface area contributed by atoms with Crippen LogP contribution in [-0.2, 0) is 10.9 Å². The Morgan fingerprint density at radius 3 is 2.17 bits per heavy atom. The molecular formula is C28H45F3N2O2. The highest BCUT2D eigenvalue weighted by molar-refractivity contribution is 5.94. The van der Waals surface area contributed by atoms with Crippen molar-refractivity contribution < 1.29 is 22.7 Å². The molecule has 0 aromatic heterocycles. The highest BCUT2D eigenvalue weighted by Crippen LogP contribution is 2.29. The Bertz CT molecular complexity index is 701. The summed E-state index contributed by atoms with van der Waals surface area (Å²) in [7, 11) is 2.23. The molecule has 1 aromatic rings. The number of carbonyl (C=O) groups excluding carboxylic acids is 1. The second-order valence-corrected chi connectivity index (χ2v) is 10.1. The van der Waals surface area contributed by atoms with Crippen molar-refractivity contribution in [3.8, 4) is 0 Å². The van der Waals surface area contributed by atoms with Crippen LogP contribution in [0.4, 0.5) is 13.2 Å². The molecule has 7 heteroatoms. The number of alkyl halides is 3. The lowest BCUT2D eigenvalue weighted by Crippen LogP contribution is -2.32. The van der Waals surface area contributed by atoms with Gasteiger partial charge in [-0.25, -0.2) is 0 Å². The minimum Gasteiger partial charge on any atom is -0.378 e. The third-order valence-electron chi connectivity index (χ3n) is 7.00. The van der Waals surface area contributed by atoms with Crippen molar-refractivity contribution in [3.05, 3.63) is 35.4 Å². The van der Waals surface area contributed by atoms with Crippen LogP contribution in [0.5, 0.6) is 0 Å². The van der Waals surface area contributed by atoms with Gasteiger partial charge in [0.15, 0.2) is 0 Å². The molecule has 0 saturated heterocycles. The lowest BCUT2D eigenvalue weighted by molar-refractivity contribution is -0.137. The zero-order chi connectivity index (χ0) is 25.5. The quantitative estimate of drug-likeness (QED) is 0.248. The lowest BCUT2D eigenvalue weighted by atomic mass is 9.87. The van der Waals surface area contributed by atoms with Gasteiger partial charge in [-0.2, -0.15) is 13.2 Å². The molecule has 2 rings (SSSR count). The summed E-state index contributed by atoms with van der Waals surface area (Å²) in [6, 6.07) is 4.36. The highest BCUT2D eigenvalue weighted by Gasteiger charge is 2.30. The van der Waals surface area contributed by atoms with Gasteiger partial charge in [0, 0.05) is 18.7 Å². The maximum Gasteiger partial charge on any atom is 0.416 e. The molecule has 35 heavy (non-hydrogen) atoms. The molecule has 0 unspecified atom stereocenters. The Balaban J connectivity index is 1.47. The summed E-state index contributed by atoms with van der Waals surface area (Å²) >= 11 is 0. The van der Waals surface area contributed by atoms with Crippen LogP contribution in [0.3, 0.4) is 0 Å². The predicted molar refractivity (Wildman–Crippen MR) is 136 cm³/mol. The number of benzene rings is 1. The van der Waals surface area contributed by atoms with Gasteiger partial charge in [-0.3, -0.25) is 4.79 Å². The van der Waals surface area contributed by atoms with Crippen LogP contribution in [0.1, 0.15) is 99.9 Å². The number of nitrogens with one attached hydrogen (secondary N) is 1. The fraction of sp³-hybridized carbons (Fsp3) is 0.750. The molecule has 1 aliphatic rings. The Hall–Kier alpha value is -1.60. The average molecular weight is 499 g/mol. The van der Waals surface area contributed by atoms with E-state index in [2.05, 4.69) is 24.2 Å². The van der Waals surface area contributed by atoms with Gasteiger partial charge in [-0.05, 0) is 95.3 Å². The Labute approximate surface area is 210 Å². The van der Waals surface area contributed by atoms with E-state index in [1.165, 1.54) is 70.2 Å². The highest BCUT2D eigenvalue weighted by atomic mass is 19.4. The van der Waals surface area contributed by atoms with Crippen molar-refractivity contribution in [1.29, 1.82) is 0 Å².